The summed E-state index contributed by atoms with van der Waals surface area (Å²) < 4.78 is 42.0. The summed E-state index contributed by atoms with van der Waals surface area (Å²) in [6.45, 7) is 8.83. The number of benzene rings is 1. The maximum absolute atomic E-state index is 13.1. The van der Waals surface area contributed by atoms with E-state index in [1.165, 1.54) is 0 Å². The Morgan fingerprint density at radius 2 is 1.97 bits per heavy atom. The second-order valence-electron chi connectivity index (χ2n) is 10.8. The Hall–Kier alpha value is -2.85. The molecule has 0 spiro atoms. The van der Waals surface area contributed by atoms with Crippen molar-refractivity contribution in [1.82, 2.24) is 9.88 Å². The van der Waals surface area contributed by atoms with Gasteiger partial charge in [-0.2, -0.15) is 0 Å². The second kappa shape index (κ2) is 9.79. The molecule has 4 heterocycles. The van der Waals surface area contributed by atoms with Gasteiger partial charge in [0.25, 0.3) is 0 Å². The number of sulfone groups is 1. The fraction of sp³-hybridized carbons (Fsp3) is 0.556. The van der Waals surface area contributed by atoms with E-state index in [9.17, 15) is 13.2 Å². The smallest absolute Gasteiger partial charge is 0.226 e. The van der Waals surface area contributed by atoms with Crippen LogP contribution in [0.5, 0.6) is 11.5 Å². The van der Waals surface area contributed by atoms with Gasteiger partial charge < -0.3 is 24.0 Å². The highest BCUT2D eigenvalue weighted by Gasteiger charge is 2.37. The molecule has 2 unspecified atom stereocenters. The standard InChI is InChI=1S/C27H35N3O6S/c1-18-13-20(16-28-25(18)37(4,32)33)30-10-12-34-24-6-5-21(14-23(24)30)36-22-7-9-29(17-22)26(31)19-8-11-35-27(2,3)15-19/h5-6,13-14,16,19,22H,7-12,15,17H2,1-4H3. The fourth-order valence-corrected chi connectivity index (χ4v) is 6.43. The van der Waals surface area contributed by atoms with Crippen molar-refractivity contribution in [3.63, 3.8) is 0 Å². The number of ether oxygens (including phenoxy) is 3. The number of fused-ring (bicyclic) bond motifs is 1. The number of rotatable bonds is 5. The highest BCUT2D eigenvalue weighted by atomic mass is 32.2. The second-order valence-corrected chi connectivity index (χ2v) is 12.8. The van der Waals surface area contributed by atoms with Crippen molar-refractivity contribution in [2.24, 2.45) is 5.92 Å². The maximum Gasteiger partial charge on any atom is 0.226 e. The molecule has 0 aliphatic carbocycles. The number of nitrogens with zero attached hydrogens (tertiary/aromatic N) is 3. The van der Waals surface area contributed by atoms with Crippen molar-refractivity contribution in [2.75, 3.05) is 44.0 Å². The van der Waals surface area contributed by atoms with Gasteiger partial charge in [0, 0.05) is 37.8 Å². The summed E-state index contributed by atoms with van der Waals surface area (Å²) in [7, 11) is -3.39. The monoisotopic (exact) mass is 529 g/mol. The summed E-state index contributed by atoms with van der Waals surface area (Å²) in [6, 6.07) is 7.57. The van der Waals surface area contributed by atoms with E-state index in [4.69, 9.17) is 14.2 Å². The lowest BCUT2D eigenvalue weighted by molar-refractivity contribution is -0.144. The molecule has 3 aliphatic heterocycles. The summed E-state index contributed by atoms with van der Waals surface area (Å²) >= 11 is 0. The third-order valence-corrected chi connectivity index (χ3v) is 8.41. The Kier molecular flexibility index (Phi) is 6.83. The van der Waals surface area contributed by atoms with Gasteiger partial charge in [-0.25, -0.2) is 13.4 Å². The third kappa shape index (κ3) is 5.55. The molecule has 2 saturated heterocycles. The Labute approximate surface area is 218 Å². The molecule has 2 fully saturated rings. The average Bonchev–Trinajstić information content (AvgIpc) is 3.30. The molecular weight excluding hydrogens is 494 g/mol. The summed E-state index contributed by atoms with van der Waals surface area (Å²) in [6.07, 6.45) is 4.97. The SMILES string of the molecule is Cc1cc(N2CCOc3ccc(OC4CCN(C(=O)C5CCOC(C)(C)C5)C4)cc32)cnc1S(C)(=O)=O. The van der Waals surface area contributed by atoms with E-state index in [1.54, 1.807) is 13.1 Å². The van der Waals surface area contributed by atoms with Gasteiger partial charge in [0.1, 0.15) is 24.2 Å². The normalized spacial score (nSPS) is 23.4. The molecule has 1 amide bonds. The van der Waals surface area contributed by atoms with Crippen molar-refractivity contribution in [3.05, 3.63) is 36.0 Å². The lowest BCUT2D eigenvalue weighted by Crippen LogP contribution is -2.43. The highest BCUT2D eigenvalue weighted by Crippen LogP contribution is 2.40. The first-order valence-corrected chi connectivity index (χ1v) is 14.7. The first kappa shape index (κ1) is 25.8. The molecule has 0 N–H and O–H groups in total. The molecule has 2 atom stereocenters. The van der Waals surface area contributed by atoms with Crippen LogP contribution in [0.4, 0.5) is 11.4 Å². The number of aryl methyl sites for hydroxylation is 1. The van der Waals surface area contributed by atoms with Gasteiger partial charge in [0.05, 0.1) is 36.3 Å². The zero-order chi connectivity index (χ0) is 26.4. The number of likely N-dealkylation sites (tertiary alicyclic amines) is 1. The van der Waals surface area contributed by atoms with E-state index in [-0.39, 0.29) is 28.6 Å². The molecule has 0 radical (unpaired) electrons. The van der Waals surface area contributed by atoms with Crippen LogP contribution in [0.15, 0.2) is 35.5 Å². The van der Waals surface area contributed by atoms with E-state index < -0.39 is 9.84 Å². The van der Waals surface area contributed by atoms with Crippen LogP contribution in [0.1, 0.15) is 38.7 Å². The third-order valence-electron chi connectivity index (χ3n) is 7.28. The largest absolute Gasteiger partial charge is 0.490 e. The van der Waals surface area contributed by atoms with Gasteiger partial charge in [0.2, 0.25) is 5.91 Å². The van der Waals surface area contributed by atoms with E-state index in [1.807, 2.05) is 43.0 Å². The van der Waals surface area contributed by atoms with Gasteiger partial charge in [-0.3, -0.25) is 4.79 Å². The number of amides is 1. The van der Waals surface area contributed by atoms with Crippen molar-refractivity contribution in [3.8, 4) is 11.5 Å². The van der Waals surface area contributed by atoms with Gasteiger partial charge >= 0.3 is 0 Å². The van der Waals surface area contributed by atoms with Crippen LogP contribution in [-0.4, -0.2) is 75.0 Å². The highest BCUT2D eigenvalue weighted by molar-refractivity contribution is 7.90. The first-order chi connectivity index (χ1) is 17.5. The molecule has 10 heteroatoms. The maximum atomic E-state index is 13.1. The van der Waals surface area contributed by atoms with Crippen LogP contribution in [0.3, 0.4) is 0 Å². The van der Waals surface area contributed by atoms with Crippen LogP contribution in [0, 0.1) is 12.8 Å². The number of aromatic nitrogens is 1. The molecular formula is C27H35N3O6S. The number of carbonyl (C=O) groups is 1. The number of hydrogen-bond donors (Lipinski definition) is 0. The van der Waals surface area contributed by atoms with Crippen molar-refractivity contribution >= 4 is 27.1 Å². The van der Waals surface area contributed by atoms with Crippen LogP contribution in [0.25, 0.3) is 0 Å². The number of anilines is 2. The summed E-state index contributed by atoms with van der Waals surface area (Å²) in [5.41, 5.74) is 1.98. The van der Waals surface area contributed by atoms with Gasteiger partial charge in [-0.1, -0.05) is 0 Å². The van der Waals surface area contributed by atoms with Gasteiger partial charge in [-0.05, 0) is 57.4 Å². The predicted molar refractivity (Wildman–Crippen MR) is 139 cm³/mol. The molecule has 0 bridgehead atoms. The van der Waals surface area contributed by atoms with Crippen LogP contribution >= 0.6 is 0 Å². The van der Waals surface area contributed by atoms with Crippen molar-refractivity contribution in [1.29, 1.82) is 0 Å². The molecule has 5 rings (SSSR count). The van der Waals surface area contributed by atoms with Gasteiger partial charge in [-0.15, -0.1) is 0 Å². The van der Waals surface area contributed by atoms with Crippen LogP contribution < -0.4 is 14.4 Å². The quantitative estimate of drug-likeness (QED) is 0.581. The molecule has 200 valence electrons. The zero-order valence-electron chi connectivity index (χ0n) is 21.9. The Morgan fingerprint density at radius 1 is 1.16 bits per heavy atom. The molecule has 37 heavy (non-hydrogen) atoms. The molecule has 3 aliphatic rings. The van der Waals surface area contributed by atoms with E-state index >= 15 is 0 Å². The molecule has 1 aromatic heterocycles. The van der Waals surface area contributed by atoms with Gasteiger partial charge in [0.15, 0.2) is 14.9 Å². The minimum absolute atomic E-state index is 0.00287. The minimum Gasteiger partial charge on any atom is -0.490 e. The number of pyridine rings is 1. The van der Waals surface area contributed by atoms with E-state index in [2.05, 4.69) is 9.88 Å². The Bertz CT molecular complexity index is 1300. The lowest BCUT2D eigenvalue weighted by Gasteiger charge is -2.36. The molecule has 9 nitrogen and oxygen atoms in total. The molecule has 0 saturated carbocycles. The minimum atomic E-state index is -3.39. The topological polar surface area (TPSA) is 98.3 Å². The first-order valence-electron chi connectivity index (χ1n) is 12.8. The van der Waals surface area contributed by atoms with Crippen molar-refractivity contribution in [2.45, 2.75) is 56.8 Å². The summed E-state index contributed by atoms with van der Waals surface area (Å²) in [5, 5.41) is 0.0893. The van der Waals surface area contributed by atoms with Crippen LogP contribution in [-0.2, 0) is 19.4 Å². The molecule has 2 aromatic rings. The number of hydrogen-bond acceptors (Lipinski definition) is 8. The fourth-order valence-electron chi connectivity index (χ4n) is 5.54. The molecule has 1 aromatic carbocycles. The average molecular weight is 530 g/mol. The van der Waals surface area contributed by atoms with Crippen molar-refractivity contribution < 1.29 is 27.4 Å². The summed E-state index contributed by atoms with van der Waals surface area (Å²) in [5.74, 6) is 1.64. The predicted octanol–water partition coefficient (Wildman–Crippen LogP) is 3.51. The Balaban J connectivity index is 1.29. The number of carbonyl (C=O) groups excluding carboxylic acids is 1. The van der Waals surface area contributed by atoms with E-state index in [0.717, 1.165) is 42.6 Å². The van der Waals surface area contributed by atoms with Crippen LogP contribution in [0.2, 0.25) is 0 Å². The summed E-state index contributed by atoms with van der Waals surface area (Å²) in [4.78, 5) is 21.4. The van der Waals surface area contributed by atoms with E-state index in [0.29, 0.717) is 44.2 Å². The zero-order valence-corrected chi connectivity index (χ0v) is 22.7. The lowest BCUT2D eigenvalue weighted by atomic mass is 9.87. The Morgan fingerprint density at radius 3 is 2.70 bits per heavy atom.